The fourth-order valence-electron chi connectivity index (χ4n) is 1.96. The summed E-state index contributed by atoms with van der Waals surface area (Å²) in [6.45, 7) is 5.09. The lowest BCUT2D eigenvalue weighted by Crippen LogP contribution is -2.40. The summed E-state index contributed by atoms with van der Waals surface area (Å²) in [7, 11) is 0. The second-order valence-corrected chi connectivity index (χ2v) is 6.07. The number of H-pyrrole nitrogens is 1. The average molecular weight is 334 g/mol. The maximum absolute atomic E-state index is 12.0. The molecule has 0 saturated carbocycles. The van der Waals surface area contributed by atoms with Gasteiger partial charge in [-0.05, 0) is 32.9 Å². The van der Waals surface area contributed by atoms with Crippen molar-refractivity contribution in [1.29, 1.82) is 0 Å². The molecule has 0 bridgehead atoms. The summed E-state index contributed by atoms with van der Waals surface area (Å²) >= 11 is 0. The Hall–Kier alpha value is -3.10. The highest BCUT2D eigenvalue weighted by Crippen LogP contribution is 2.21. The first-order valence-electron chi connectivity index (χ1n) is 7.18. The van der Waals surface area contributed by atoms with E-state index in [0.717, 1.165) is 0 Å². The molecule has 1 aromatic carbocycles. The van der Waals surface area contributed by atoms with E-state index in [2.05, 4.69) is 15.6 Å². The fourth-order valence-corrected chi connectivity index (χ4v) is 1.96. The summed E-state index contributed by atoms with van der Waals surface area (Å²) in [4.78, 5) is 36.5. The number of rotatable bonds is 4. The van der Waals surface area contributed by atoms with E-state index in [1.807, 2.05) is 0 Å². The third kappa shape index (κ3) is 4.45. The Morgan fingerprint density at radius 3 is 2.58 bits per heavy atom. The number of nitrogens with one attached hydrogen (secondary N) is 3. The van der Waals surface area contributed by atoms with Crippen LogP contribution in [-0.4, -0.2) is 34.2 Å². The molecule has 128 valence electrons. The summed E-state index contributed by atoms with van der Waals surface area (Å²) in [5, 5.41) is 16.3. The van der Waals surface area contributed by atoms with E-state index in [1.165, 1.54) is 12.1 Å². The SMILES string of the molecule is CC(C)(C)OC(=O)NCNC(=O)c1cc2ccc([N+](=O)[O-])cc2[nH]1. The largest absolute Gasteiger partial charge is 0.444 e. The minimum absolute atomic E-state index is 0.0668. The van der Waals surface area contributed by atoms with Crippen LogP contribution in [0, 0.1) is 10.1 Å². The van der Waals surface area contributed by atoms with Crippen LogP contribution in [0.5, 0.6) is 0 Å². The highest BCUT2D eigenvalue weighted by atomic mass is 16.6. The molecule has 1 aromatic heterocycles. The maximum atomic E-state index is 12.0. The minimum Gasteiger partial charge on any atom is -0.444 e. The van der Waals surface area contributed by atoms with Gasteiger partial charge < -0.3 is 20.4 Å². The van der Waals surface area contributed by atoms with Crippen LogP contribution in [0.2, 0.25) is 0 Å². The number of nitrogens with zero attached hydrogens (tertiary/aromatic N) is 1. The van der Waals surface area contributed by atoms with Gasteiger partial charge in [0.25, 0.3) is 11.6 Å². The monoisotopic (exact) mass is 334 g/mol. The first-order valence-corrected chi connectivity index (χ1v) is 7.18. The third-order valence-electron chi connectivity index (χ3n) is 2.94. The minimum atomic E-state index is -0.643. The lowest BCUT2D eigenvalue weighted by molar-refractivity contribution is -0.384. The van der Waals surface area contributed by atoms with Gasteiger partial charge in [-0.1, -0.05) is 0 Å². The number of ether oxygens (including phenoxy) is 1. The molecule has 0 aliphatic rings. The van der Waals surface area contributed by atoms with Crippen LogP contribution in [-0.2, 0) is 4.74 Å². The Bertz CT molecular complexity index is 791. The molecule has 3 N–H and O–H groups in total. The van der Waals surface area contributed by atoms with E-state index >= 15 is 0 Å². The Labute approximate surface area is 137 Å². The van der Waals surface area contributed by atoms with Crippen LogP contribution < -0.4 is 10.6 Å². The molecule has 9 heteroatoms. The van der Waals surface area contributed by atoms with Crippen molar-refractivity contribution in [1.82, 2.24) is 15.6 Å². The van der Waals surface area contributed by atoms with Gasteiger partial charge in [-0.25, -0.2) is 4.79 Å². The maximum Gasteiger partial charge on any atom is 0.409 e. The Morgan fingerprint density at radius 1 is 1.25 bits per heavy atom. The summed E-state index contributed by atoms with van der Waals surface area (Å²) in [6, 6.07) is 5.84. The Morgan fingerprint density at radius 2 is 1.96 bits per heavy atom. The molecule has 0 aliphatic carbocycles. The number of fused-ring (bicyclic) bond motifs is 1. The number of aromatic nitrogens is 1. The lowest BCUT2D eigenvalue weighted by Gasteiger charge is -2.19. The number of carbonyl (C=O) groups is 2. The first kappa shape index (κ1) is 17.3. The molecule has 0 fully saturated rings. The molecule has 0 unspecified atom stereocenters. The molecule has 2 rings (SSSR count). The second kappa shape index (κ2) is 6.57. The molecular formula is C15H18N4O5. The average Bonchev–Trinajstić information content (AvgIpc) is 2.88. The zero-order valence-corrected chi connectivity index (χ0v) is 13.5. The zero-order valence-electron chi connectivity index (χ0n) is 13.5. The quantitative estimate of drug-likeness (QED) is 0.449. The molecule has 0 radical (unpaired) electrons. The number of nitro benzene ring substituents is 1. The topological polar surface area (TPSA) is 126 Å². The van der Waals surface area contributed by atoms with Gasteiger partial charge >= 0.3 is 6.09 Å². The predicted molar refractivity (Wildman–Crippen MR) is 86.7 cm³/mol. The van der Waals surface area contributed by atoms with E-state index in [9.17, 15) is 19.7 Å². The number of nitro groups is 1. The highest BCUT2D eigenvalue weighted by Gasteiger charge is 2.16. The van der Waals surface area contributed by atoms with Gasteiger partial charge in [0, 0.05) is 17.5 Å². The Balaban J connectivity index is 1.96. The summed E-state index contributed by atoms with van der Waals surface area (Å²) in [5.74, 6) is -0.454. The van der Waals surface area contributed by atoms with Crippen molar-refractivity contribution >= 4 is 28.6 Å². The standard InChI is InChI=1S/C15H18N4O5/c1-15(2,3)24-14(21)17-8-16-13(20)12-6-9-4-5-10(19(22)23)7-11(9)18-12/h4-7,18H,8H2,1-3H3,(H,16,20)(H,17,21). The molecule has 9 nitrogen and oxygen atoms in total. The molecule has 0 atom stereocenters. The molecule has 1 heterocycles. The zero-order chi connectivity index (χ0) is 17.9. The van der Waals surface area contributed by atoms with E-state index < -0.39 is 22.5 Å². The van der Waals surface area contributed by atoms with Crippen molar-refractivity contribution in [2.75, 3.05) is 6.67 Å². The number of benzene rings is 1. The summed E-state index contributed by atoms with van der Waals surface area (Å²) in [5.41, 5.74) is 0.0221. The summed E-state index contributed by atoms with van der Waals surface area (Å²) < 4.78 is 5.04. The number of non-ortho nitro benzene ring substituents is 1. The molecule has 0 saturated heterocycles. The molecule has 0 spiro atoms. The smallest absolute Gasteiger partial charge is 0.409 e. The molecule has 2 amide bonds. The van der Waals surface area contributed by atoms with Crippen LogP contribution in [0.15, 0.2) is 24.3 Å². The van der Waals surface area contributed by atoms with E-state index in [4.69, 9.17) is 4.74 Å². The number of alkyl carbamates (subject to hydrolysis) is 1. The van der Waals surface area contributed by atoms with E-state index in [1.54, 1.807) is 32.9 Å². The number of amides is 2. The molecule has 0 aliphatic heterocycles. The van der Waals surface area contributed by atoms with Gasteiger partial charge in [-0.15, -0.1) is 0 Å². The number of aromatic amines is 1. The van der Waals surface area contributed by atoms with Crippen LogP contribution in [0.25, 0.3) is 10.9 Å². The van der Waals surface area contributed by atoms with Crippen molar-refractivity contribution < 1.29 is 19.2 Å². The number of carbonyl (C=O) groups excluding carboxylic acids is 2. The summed E-state index contributed by atoms with van der Waals surface area (Å²) in [6.07, 6.45) is -0.643. The van der Waals surface area contributed by atoms with Gasteiger partial charge in [0.05, 0.1) is 17.1 Å². The third-order valence-corrected chi connectivity index (χ3v) is 2.94. The predicted octanol–water partition coefficient (Wildman–Crippen LogP) is 2.29. The lowest BCUT2D eigenvalue weighted by atomic mass is 10.2. The van der Waals surface area contributed by atoms with Gasteiger partial charge in [-0.2, -0.15) is 0 Å². The molecule has 2 aromatic rings. The van der Waals surface area contributed by atoms with Crippen molar-refractivity contribution in [3.05, 3.63) is 40.1 Å². The van der Waals surface area contributed by atoms with Crippen molar-refractivity contribution in [3.8, 4) is 0 Å². The van der Waals surface area contributed by atoms with E-state index in [0.29, 0.717) is 10.9 Å². The first-order chi connectivity index (χ1) is 11.2. The fraction of sp³-hybridized carbons (Fsp3) is 0.333. The van der Waals surface area contributed by atoms with Crippen LogP contribution in [0.3, 0.4) is 0 Å². The number of hydrogen-bond acceptors (Lipinski definition) is 5. The van der Waals surface area contributed by atoms with Gasteiger partial charge in [0.15, 0.2) is 0 Å². The van der Waals surface area contributed by atoms with E-state index in [-0.39, 0.29) is 18.1 Å². The molecule has 24 heavy (non-hydrogen) atoms. The van der Waals surface area contributed by atoms with Crippen LogP contribution >= 0.6 is 0 Å². The van der Waals surface area contributed by atoms with Gasteiger partial charge in [-0.3, -0.25) is 14.9 Å². The Kier molecular flexibility index (Phi) is 4.72. The van der Waals surface area contributed by atoms with Crippen LogP contribution in [0.4, 0.5) is 10.5 Å². The van der Waals surface area contributed by atoms with Crippen molar-refractivity contribution in [2.45, 2.75) is 26.4 Å². The van der Waals surface area contributed by atoms with Crippen LogP contribution in [0.1, 0.15) is 31.3 Å². The van der Waals surface area contributed by atoms with Gasteiger partial charge in [0.2, 0.25) is 0 Å². The van der Waals surface area contributed by atoms with Gasteiger partial charge in [0.1, 0.15) is 11.3 Å². The van der Waals surface area contributed by atoms with Crippen molar-refractivity contribution in [2.24, 2.45) is 0 Å². The highest BCUT2D eigenvalue weighted by molar-refractivity contribution is 5.98. The second-order valence-electron chi connectivity index (χ2n) is 6.07. The number of hydrogen-bond donors (Lipinski definition) is 3. The van der Waals surface area contributed by atoms with Crippen molar-refractivity contribution in [3.63, 3.8) is 0 Å². The normalized spacial score (nSPS) is 11.1. The molecular weight excluding hydrogens is 316 g/mol.